The number of anilines is 1. The third-order valence-corrected chi connectivity index (χ3v) is 6.84. The Balaban J connectivity index is 2.92. The number of sulfonamides is 1. The highest BCUT2D eigenvalue weighted by atomic mass is 32.2. The minimum Gasteiger partial charge on any atom is -0.399 e. The Labute approximate surface area is 126 Å². The summed E-state index contributed by atoms with van der Waals surface area (Å²) in [5, 5.41) is 0. The molecule has 3 N–H and O–H groups in total. The van der Waals surface area contributed by atoms with Crippen LogP contribution in [0.5, 0.6) is 0 Å². The molecule has 0 heterocycles. The van der Waals surface area contributed by atoms with Crippen molar-refractivity contribution in [2.45, 2.75) is 43.3 Å². The third kappa shape index (κ3) is 3.90. The number of nitrogen functional groups attached to an aromatic ring is 1. The maximum Gasteiger partial charge on any atom is 0.240 e. The normalized spacial score (nSPS) is 12.6. The zero-order chi connectivity index (χ0) is 15.4. The van der Waals surface area contributed by atoms with Gasteiger partial charge in [-0.05, 0) is 49.8 Å². The molecular weight excluding hydrogens is 292 g/mol. The van der Waals surface area contributed by atoms with Gasteiger partial charge < -0.3 is 5.73 Å². The van der Waals surface area contributed by atoms with Gasteiger partial charge in [-0.25, -0.2) is 13.1 Å². The molecule has 0 bridgehead atoms. The minimum atomic E-state index is -3.48. The van der Waals surface area contributed by atoms with Crippen LogP contribution in [0.15, 0.2) is 23.1 Å². The molecule has 0 fully saturated rings. The van der Waals surface area contributed by atoms with Crippen LogP contribution in [0.3, 0.4) is 0 Å². The standard InChI is InChI=1S/C14H24N2O2S2/c1-5-14(6-2,19-4)10-16-20(17,18)12-7-8-13(15)11(3)9-12/h7-9,16H,5-6,10,15H2,1-4H3. The zero-order valence-electron chi connectivity index (χ0n) is 12.6. The molecule has 0 aromatic heterocycles. The molecule has 4 nitrogen and oxygen atoms in total. The lowest BCUT2D eigenvalue weighted by molar-refractivity contribution is 0.522. The summed E-state index contributed by atoms with van der Waals surface area (Å²) in [4.78, 5) is 0.270. The van der Waals surface area contributed by atoms with E-state index in [1.807, 2.05) is 6.26 Å². The van der Waals surface area contributed by atoms with Crippen LogP contribution in [-0.4, -0.2) is 26.0 Å². The highest BCUT2D eigenvalue weighted by molar-refractivity contribution is 8.00. The van der Waals surface area contributed by atoms with Crippen molar-refractivity contribution in [2.75, 3.05) is 18.5 Å². The molecule has 0 aliphatic carbocycles. The van der Waals surface area contributed by atoms with Gasteiger partial charge >= 0.3 is 0 Å². The fourth-order valence-electron chi connectivity index (χ4n) is 1.99. The lowest BCUT2D eigenvalue weighted by atomic mass is 10.0. The Bertz CT molecular complexity index is 544. The van der Waals surface area contributed by atoms with E-state index in [9.17, 15) is 8.42 Å². The molecule has 0 atom stereocenters. The second kappa shape index (κ2) is 6.83. The van der Waals surface area contributed by atoms with Gasteiger partial charge in [-0.15, -0.1) is 0 Å². The van der Waals surface area contributed by atoms with Crippen LogP contribution in [0.2, 0.25) is 0 Å². The van der Waals surface area contributed by atoms with Crippen molar-refractivity contribution in [3.8, 4) is 0 Å². The molecule has 0 amide bonds. The SMILES string of the molecule is CCC(CC)(CNS(=O)(=O)c1ccc(N)c(C)c1)SC. The van der Waals surface area contributed by atoms with Crippen LogP contribution in [-0.2, 0) is 10.0 Å². The van der Waals surface area contributed by atoms with E-state index in [0.29, 0.717) is 12.2 Å². The molecule has 6 heteroatoms. The summed E-state index contributed by atoms with van der Waals surface area (Å²) in [5.74, 6) is 0. The Hall–Kier alpha value is -0.720. The number of aryl methyl sites for hydroxylation is 1. The highest BCUT2D eigenvalue weighted by Crippen LogP contribution is 2.30. The number of nitrogens with two attached hydrogens (primary N) is 1. The van der Waals surface area contributed by atoms with E-state index in [4.69, 9.17) is 5.73 Å². The molecule has 1 aromatic rings. The van der Waals surface area contributed by atoms with Crippen molar-refractivity contribution in [2.24, 2.45) is 0 Å². The third-order valence-electron chi connectivity index (χ3n) is 3.86. The molecule has 1 aromatic carbocycles. The summed E-state index contributed by atoms with van der Waals surface area (Å²) in [5.41, 5.74) is 7.10. The fourth-order valence-corrected chi connectivity index (χ4v) is 4.08. The summed E-state index contributed by atoms with van der Waals surface area (Å²) >= 11 is 1.71. The quantitative estimate of drug-likeness (QED) is 0.759. The van der Waals surface area contributed by atoms with Gasteiger partial charge in [0.05, 0.1) is 4.90 Å². The van der Waals surface area contributed by atoms with Gasteiger partial charge in [-0.3, -0.25) is 0 Å². The fraction of sp³-hybridized carbons (Fsp3) is 0.571. The van der Waals surface area contributed by atoms with Crippen LogP contribution in [0, 0.1) is 6.92 Å². The van der Waals surface area contributed by atoms with Crippen LogP contribution >= 0.6 is 11.8 Å². The zero-order valence-corrected chi connectivity index (χ0v) is 14.2. The molecule has 0 aliphatic rings. The average Bonchev–Trinajstić information content (AvgIpc) is 2.44. The van der Waals surface area contributed by atoms with Gasteiger partial charge in [0.15, 0.2) is 0 Å². The van der Waals surface area contributed by atoms with E-state index in [2.05, 4.69) is 18.6 Å². The number of hydrogen-bond donors (Lipinski definition) is 2. The molecule has 0 saturated heterocycles. The first kappa shape index (κ1) is 17.3. The van der Waals surface area contributed by atoms with Gasteiger partial charge in [0.25, 0.3) is 0 Å². The average molecular weight is 316 g/mol. The first-order chi connectivity index (χ1) is 9.30. The van der Waals surface area contributed by atoms with Gasteiger partial charge in [-0.1, -0.05) is 13.8 Å². The summed E-state index contributed by atoms with van der Waals surface area (Å²) in [6, 6.07) is 4.78. The molecule has 0 saturated carbocycles. The largest absolute Gasteiger partial charge is 0.399 e. The first-order valence-corrected chi connectivity index (χ1v) is 9.42. The van der Waals surface area contributed by atoms with Crippen LogP contribution < -0.4 is 10.5 Å². The van der Waals surface area contributed by atoms with Crippen molar-refractivity contribution < 1.29 is 8.42 Å². The van der Waals surface area contributed by atoms with E-state index in [1.54, 1.807) is 36.9 Å². The molecule has 1 rings (SSSR count). The van der Waals surface area contributed by atoms with Gasteiger partial charge in [0.2, 0.25) is 10.0 Å². The number of hydrogen-bond acceptors (Lipinski definition) is 4. The van der Waals surface area contributed by atoms with Gasteiger partial charge in [0.1, 0.15) is 0 Å². The first-order valence-electron chi connectivity index (χ1n) is 6.71. The Morgan fingerprint density at radius 1 is 1.30 bits per heavy atom. The molecule has 0 unspecified atom stereocenters. The predicted molar refractivity (Wildman–Crippen MR) is 87.6 cm³/mol. The van der Waals surface area contributed by atoms with Gasteiger partial charge in [0, 0.05) is 17.0 Å². The van der Waals surface area contributed by atoms with Crippen LogP contribution in [0.25, 0.3) is 0 Å². The van der Waals surface area contributed by atoms with Crippen LogP contribution in [0.1, 0.15) is 32.3 Å². The van der Waals surface area contributed by atoms with Crippen molar-refractivity contribution in [1.29, 1.82) is 0 Å². The van der Waals surface area contributed by atoms with E-state index < -0.39 is 10.0 Å². The summed E-state index contributed by atoms with van der Waals surface area (Å²) < 4.78 is 27.3. The van der Waals surface area contributed by atoms with Crippen molar-refractivity contribution >= 4 is 27.5 Å². The second-order valence-electron chi connectivity index (χ2n) is 4.94. The molecule has 0 aliphatic heterocycles. The highest BCUT2D eigenvalue weighted by Gasteiger charge is 2.27. The molecule has 114 valence electrons. The topological polar surface area (TPSA) is 72.2 Å². The maximum absolute atomic E-state index is 12.3. The number of nitrogens with one attached hydrogen (secondary N) is 1. The van der Waals surface area contributed by atoms with E-state index in [0.717, 1.165) is 18.4 Å². The Morgan fingerprint density at radius 3 is 2.35 bits per heavy atom. The Morgan fingerprint density at radius 2 is 1.90 bits per heavy atom. The number of rotatable bonds is 7. The van der Waals surface area contributed by atoms with E-state index in [-0.39, 0.29) is 9.64 Å². The lowest BCUT2D eigenvalue weighted by Gasteiger charge is -2.29. The van der Waals surface area contributed by atoms with Crippen molar-refractivity contribution in [1.82, 2.24) is 4.72 Å². The lowest BCUT2D eigenvalue weighted by Crippen LogP contribution is -2.39. The summed E-state index contributed by atoms with van der Waals surface area (Å²) in [6.45, 7) is 6.41. The predicted octanol–water partition coefficient (Wildman–Crippen LogP) is 2.78. The maximum atomic E-state index is 12.3. The number of thioether (sulfide) groups is 1. The molecule has 20 heavy (non-hydrogen) atoms. The number of benzene rings is 1. The second-order valence-corrected chi connectivity index (χ2v) is 7.98. The summed E-state index contributed by atoms with van der Waals surface area (Å²) in [6.07, 6.45) is 3.87. The smallest absolute Gasteiger partial charge is 0.240 e. The minimum absolute atomic E-state index is 0.0457. The Kier molecular flexibility index (Phi) is 5.91. The van der Waals surface area contributed by atoms with Crippen molar-refractivity contribution in [3.05, 3.63) is 23.8 Å². The van der Waals surface area contributed by atoms with Crippen molar-refractivity contribution in [3.63, 3.8) is 0 Å². The van der Waals surface area contributed by atoms with Crippen LogP contribution in [0.4, 0.5) is 5.69 Å². The molecular formula is C14H24N2O2S2. The van der Waals surface area contributed by atoms with Gasteiger partial charge in [-0.2, -0.15) is 11.8 Å². The van der Waals surface area contributed by atoms with E-state index >= 15 is 0 Å². The summed E-state index contributed by atoms with van der Waals surface area (Å²) in [7, 11) is -3.48. The molecule has 0 radical (unpaired) electrons. The molecule has 0 spiro atoms. The monoisotopic (exact) mass is 316 g/mol. The van der Waals surface area contributed by atoms with E-state index in [1.165, 1.54) is 0 Å².